The molecule has 1 aliphatic carbocycles. The molecule has 1 aliphatic rings. The largest absolute Gasteiger partial charge is 0.370 e. The van der Waals surface area contributed by atoms with E-state index in [4.69, 9.17) is 5.73 Å². The lowest BCUT2D eigenvalue weighted by Crippen LogP contribution is -2.18. The SMILES string of the molecule is NC(=O)CC1CCCC1=O. The predicted molar refractivity (Wildman–Crippen MR) is 36.2 cm³/mol. The summed E-state index contributed by atoms with van der Waals surface area (Å²) in [5.41, 5.74) is 4.94. The van der Waals surface area contributed by atoms with Crippen LogP contribution in [0.15, 0.2) is 0 Å². The van der Waals surface area contributed by atoms with Crippen molar-refractivity contribution in [3.63, 3.8) is 0 Å². The van der Waals surface area contributed by atoms with Crippen molar-refractivity contribution in [2.24, 2.45) is 11.7 Å². The zero-order valence-corrected chi connectivity index (χ0v) is 5.80. The standard InChI is InChI=1S/C7H11NO2/c8-7(10)4-5-2-1-3-6(5)9/h5H,1-4H2,(H2,8,10). The predicted octanol–water partition coefficient (Wildman–Crippen LogP) is 0.231. The van der Waals surface area contributed by atoms with E-state index in [0.717, 1.165) is 12.8 Å². The smallest absolute Gasteiger partial charge is 0.218 e. The van der Waals surface area contributed by atoms with Crippen LogP contribution in [0, 0.1) is 5.92 Å². The summed E-state index contributed by atoms with van der Waals surface area (Å²) in [5.74, 6) is -0.212. The molecule has 0 bridgehead atoms. The normalized spacial score (nSPS) is 25.2. The van der Waals surface area contributed by atoms with E-state index in [1.165, 1.54) is 0 Å². The van der Waals surface area contributed by atoms with Crippen LogP contribution in [-0.2, 0) is 9.59 Å². The lowest BCUT2D eigenvalue weighted by atomic mass is 10.0. The maximum atomic E-state index is 10.9. The Hall–Kier alpha value is -0.860. The van der Waals surface area contributed by atoms with Crippen LogP contribution in [0.5, 0.6) is 0 Å². The summed E-state index contributed by atoms with van der Waals surface area (Å²) < 4.78 is 0. The third kappa shape index (κ3) is 1.56. The molecule has 2 N–H and O–H groups in total. The molecule has 3 heteroatoms. The molecule has 0 aromatic carbocycles. The topological polar surface area (TPSA) is 60.2 Å². The number of hydrogen-bond acceptors (Lipinski definition) is 2. The van der Waals surface area contributed by atoms with Gasteiger partial charge in [-0.1, -0.05) is 0 Å². The van der Waals surface area contributed by atoms with E-state index in [2.05, 4.69) is 0 Å². The summed E-state index contributed by atoms with van der Waals surface area (Å²) in [4.78, 5) is 21.3. The van der Waals surface area contributed by atoms with Gasteiger partial charge in [0.1, 0.15) is 5.78 Å². The third-order valence-corrected chi connectivity index (χ3v) is 1.88. The van der Waals surface area contributed by atoms with Crippen molar-refractivity contribution in [1.82, 2.24) is 0 Å². The second kappa shape index (κ2) is 2.82. The number of nitrogens with two attached hydrogens (primary N) is 1. The van der Waals surface area contributed by atoms with Crippen molar-refractivity contribution >= 4 is 11.7 Å². The van der Waals surface area contributed by atoms with Crippen LogP contribution in [0.25, 0.3) is 0 Å². The number of ketones is 1. The summed E-state index contributed by atoms with van der Waals surface area (Å²) in [6, 6.07) is 0. The maximum Gasteiger partial charge on any atom is 0.218 e. The molecule has 3 nitrogen and oxygen atoms in total. The molecule has 1 saturated carbocycles. The molecule has 0 aliphatic heterocycles. The van der Waals surface area contributed by atoms with E-state index in [9.17, 15) is 9.59 Å². The van der Waals surface area contributed by atoms with Crippen molar-refractivity contribution in [3.05, 3.63) is 0 Å². The summed E-state index contributed by atoms with van der Waals surface area (Å²) in [6.45, 7) is 0. The molecule has 56 valence electrons. The van der Waals surface area contributed by atoms with Crippen LogP contribution in [0.2, 0.25) is 0 Å². The molecule has 0 saturated heterocycles. The minimum Gasteiger partial charge on any atom is -0.370 e. The van der Waals surface area contributed by atoms with Gasteiger partial charge in [-0.25, -0.2) is 0 Å². The summed E-state index contributed by atoms with van der Waals surface area (Å²) in [5, 5.41) is 0. The first-order chi connectivity index (χ1) is 4.70. The van der Waals surface area contributed by atoms with Crippen molar-refractivity contribution in [2.75, 3.05) is 0 Å². The Morgan fingerprint density at radius 1 is 1.70 bits per heavy atom. The maximum absolute atomic E-state index is 10.9. The quantitative estimate of drug-likeness (QED) is 0.598. The van der Waals surface area contributed by atoms with Gasteiger partial charge in [-0.05, 0) is 12.8 Å². The molecule has 0 heterocycles. The van der Waals surface area contributed by atoms with Gasteiger partial charge in [0, 0.05) is 18.8 Å². The molecular formula is C7H11NO2. The van der Waals surface area contributed by atoms with Gasteiger partial charge < -0.3 is 5.73 Å². The Bertz CT molecular complexity index is 165. The van der Waals surface area contributed by atoms with Crippen LogP contribution in [-0.4, -0.2) is 11.7 Å². The zero-order chi connectivity index (χ0) is 7.56. The van der Waals surface area contributed by atoms with Gasteiger partial charge in [-0.15, -0.1) is 0 Å². The fourth-order valence-corrected chi connectivity index (χ4v) is 1.35. The highest BCUT2D eigenvalue weighted by Crippen LogP contribution is 2.23. The van der Waals surface area contributed by atoms with Gasteiger partial charge in [-0.3, -0.25) is 9.59 Å². The summed E-state index contributed by atoms with van der Waals surface area (Å²) in [7, 11) is 0. The number of carbonyl (C=O) groups is 2. The highest BCUT2D eigenvalue weighted by Gasteiger charge is 2.25. The van der Waals surface area contributed by atoms with Crippen LogP contribution in [0.3, 0.4) is 0 Å². The number of carbonyl (C=O) groups excluding carboxylic acids is 2. The highest BCUT2D eigenvalue weighted by atomic mass is 16.1. The number of rotatable bonds is 2. The molecular weight excluding hydrogens is 130 g/mol. The number of hydrogen-bond donors (Lipinski definition) is 1. The first-order valence-corrected chi connectivity index (χ1v) is 3.51. The van der Waals surface area contributed by atoms with Crippen molar-refractivity contribution in [3.8, 4) is 0 Å². The van der Waals surface area contributed by atoms with Gasteiger partial charge in [0.05, 0.1) is 0 Å². The van der Waals surface area contributed by atoms with Gasteiger partial charge in [-0.2, -0.15) is 0 Å². The lowest BCUT2D eigenvalue weighted by molar-refractivity contribution is -0.125. The van der Waals surface area contributed by atoms with Gasteiger partial charge in [0.25, 0.3) is 0 Å². The fourth-order valence-electron chi connectivity index (χ4n) is 1.35. The molecule has 1 rings (SSSR count). The molecule has 0 aromatic heterocycles. The van der Waals surface area contributed by atoms with Gasteiger partial charge >= 0.3 is 0 Å². The minimum absolute atomic E-state index is 0.0579. The van der Waals surface area contributed by atoms with Crippen LogP contribution in [0.1, 0.15) is 25.7 Å². The fraction of sp³-hybridized carbons (Fsp3) is 0.714. The van der Waals surface area contributed by atoms with E-state index in [-0.39, 0.29) is 24.0 Å². The number of amides is 1. The average Bonchev–Trinajstić information content (AvgIpc) is 2.15. The molecule has 0 spiro atoms. The van der Waals surface area contributed by atoms with E-state index in [1.807, 2.05) is 0 Å². The van der Waals surface area contributed by atoms with Crippen molar-refractivity contribution in [2.45, 2.75) is 25.7 Å². The van der Waals surface area contributed by atoms with E-state index in [0.29, 0.717) is 6.42 Å². The van der Waals surface area contributed by atoms with Crippen LogP contribution >= 0.6 is 0 Å². The Morgan fingerprint density at radius 3 is 2.80 bits per heavy atom. The molecule has 1 fully saturated rings. The second-order valence-electron chi connectivity index (χ2n) is 2.73. The first kappa shape index (κ1) is 7.25. The Balaban J connectivity index is 2.40. The minimum atomic E-state index is -0.361. The van der Waals surface area contributed by atoms with E-state index >= 15 is 0 Å². The molecule has 10 heavy (non-hydrogen) atoms. The average molecular weight is 141 g/mol. The summed E-state index contributed by atoms with van der Waals surface area (Å²) in [6.07, 6.45) is 2.66. The van der Waals surface area contributed by atoms with Gasteiger partial charge in [0.15, 0.2) is 0 Å². The van der Waals surface area contributed by atoms with Crippen molar-refractivity contribution in [1.29, 1.82) is 0 Å². The monoisotopic (exact) mass is 141 g/mol. The molecule has 0 radical (unpaired) electrons. The Kier molecular flexibility index (Phi) is 2.04. The molecule has 1 atom stereocenters. The Labute approximate surface area is 59.6 Å². The first-order valence-electron chi connectivity index (χ1n) is 3.51. The molecule has 0 aromatic rings. The number of primary amides is 1. The summed E-state index contributed by atoms with van der Waals surface area (Å²) >= 11 is 0. The Morgan fingerprint density at radius 2 is 2.40 bits per heavy atom. The van der Waals surface area contributed by atoms with Crippen LogP contribution in [0.4, 0.5) is 0 Å². The number of Topliss-reactive ketones (excluding diaryl/α,β-unsaturated/α-hetero) is 1. The second-order valence-corrected chi connectivity index (χ2v) is 2.73. The van der Waals surface area contributed by atoms with E-state index < -0.39 is 0 Å². The molecule has 1 unspecified atom stereocenters. The molecule has 1 amide bonds. The van der Waals surface area contributed by atoms with Crippen molar-refractivity contribution < 1.29 is 9.59 Å². The zero-order valence-electron chi connectivity index (χ0n) is 5.80. The van der Waals surface area contributed by atoms with Crippen LogP contribution < -0.4 is 5.73 Å². The van der Waals surface area contributed by atoms with Gasteiger partial charge in [0.2, 0.25) is 5.91 Å². The van der Waals surface area contributed by atoms with E-state index in [1.54, 1.807) is 0 Å². The third-order valence-electron chi connectivity index (χ3n) is 1.88. The highest BCUT2D eigenvalue weighted by molar-refractivity contribution is 5.87. The lowest BCUT2D eigenvalue weighted by Gasteiger charge is -2.01.